The lowest BCUT2D eigenvalue weighted by Crippen LogP contribution is -2.46. The highest BCUT2D eigenvalue weighted by Crippen LogP contribution is 2.43. The molecule has 1 aliphatic heterocycles. The molecule has 1 aromatic rings. The molecule has 8 nitrogen and oxygen atoms in total. The van der Waals surface area contributed by atoms with Crippen LogP contribution in [0.4, 0.5) is 0 Å². The summed E-state index contributed by atoms with van der Waals surface area (Å²) in [6.45, 7) is 0.182. The fraction of sp³-hybridized carbons (Fsp3) is 0.643. The van der Waals surface area contributed by atoms with Crippen molar-refractivity contribution >= 4 is 27.3 Å². The van der Waals surface area contributed by atoms with Gasteiger partial charge in [-0.05, 0) is 19.3 Å². The van der Waals surface area contributed by atoms with Gasteiger partial charge in [0.2, 0.25) is 5.91 Å². The number of nitrogens with zero attached hydrogens (tertiary/aromatic N) is 2. The van der Waals surface area contributed by atoms with Gasteiger partial charge in [0.25, 0.3) is 5.56 Å². The molecule has 10 heteroatoms. The first-order valence-corrected chi connectivity index (χ1v) is 9.76. The van der Waals surface area contributed by atoms with Crippen LogP contribution in [-0.4, -0.2) is 52.4 Å². The van der Waals surface area contributed by atoms with Gasteiger partial charge in [-0.25, -0.2) is 13.2 Å². The molecule has 0 radical (unpaired) electrons. The van der Waals surface area contributed by atoms with Crippen LogP contribution in [0.1, 0.15) is 25.7 Å². The molecular formula is C14H18ClN3O5S. The number of carbonyl (C=O) groups is 1. The van der Waals surface area contributed by atoms with Crippen LogP contribution in [0.15, 0.2) is 15.8 Å². The first-order valence-electron chi connectivity index (χ1n) is 7.73. The molecule has 0 aromatic carbocycles. The maximum atomic E-state index is 12.4. The average Bonchev–Trinajstić information content (AvgIpc) is 2.60. The van der Waals surface area contributed by atoms with E-state index in [1.54, 1.807) is 0 Å². The maximum absolute atomic E-state index is 12.4. The van der Waals surface area contributed by atoms with E-state index in [1.807, 2.05) is 4.98 Å². The quantitative estimate of drug-likeness (QED) is 0.767. The zero-order valence-electron chi connectivity index (χ0n) is 13.0. The van der Waals surface area contributed by atoms with Crippen LogP contribution in [0.3, 0.4) is 0 Å². The van der Waals surface area contributed by atoms with Crippen molar-refractivity contribution in [1.82, 2.24) is 14.5 Å². The Kier molecular flexibility index (Phi) is 4.33. The molecule has 2 heterocycles. The highest BCUT2D eigenvalue weighted by molar-refractivity contribution is 7.92. The highest BCUT2D eigenvalue weighted by atomic mass is 35.5. The second-order valence-electron chi connectivity index (χ2n) is 6.35. The van der Waals surface area contributed by atoms with Gasteiger partial charge in [-0.3, -0.25) is 19.1 Å². The lowest BCUT2D eigenvalue weighted by atomic mass is 9.81. The number of rotatable bonds is 2. The first kappa shape index (κ1) is 17.2. The average molecular weight is 376 g/mol. The van der Waals surface area contributed by atoms with Gasteiger partial charge in [0.15, 0.2) is 9.84 Å². The Morgan fingerprint density at radius 2 is 1.96 bits per heavy atom. The van der Waals surface area contributed by atoms with Crippen molar-refractivity contribution in [3.63, 3.8) is 0 Å². The SMILES string of the molecule is O=C(Cn1cc(Cl)c(=O)[nH]c1=O)N1CCC2(CCC2)S(=O)(=O)CC1. The van der Waals surface area contributed by atoms with Gasteiger partial charge >= 0.3 is 5.69 Å². The minimum atomic E-state index is -3.21. The van der Waals surface area contributed by atoms with Crippen molar-refractivity contribution in [3.05, 3.63) is 32.1 Å². The molecule has 1 spiro atoms. The van der Waals surface area contributed by atoms with Gasteiger partial charge in [0.1, 0.15) is 11.6 Å². The summed E-state index contributed by atoms with van der Waals surface area (Å²) in [5.74, 6) is -0.424. The van der Waals surface area contributed by atoms with E-state index in [4.69, 9.17) is 11.6 Å². The van der Waals surface area contributed by atoms with Crippen LogP contribution in [0.2, 0.25) is 5.02 Å². The van der Waals surface area contributed by atoms with E-state index in [1.165, 1.54) is 4.90 Å². The number of sulfone groups is 1. The molecule has 2 fully saturated rings. The van der Waals surface area contributed by atoms with Crippen molar-refractivity contribution in [2.24, 2.45) is 0 Å². The predicted molar refractivity (Wildman–Crippen MR) is 87.9 cm³/mol. The third kappa shape index (κ3) is 2.90. The van der Waals surface area contributed by atoms with Crippen LogP contribution in [0.5, 0.6) is 0 Å². The van der Waals surface area contributed by atoms with Crippen molar-refractivity contribution in [2.45, 2.75) is 37.0 Å². The Morgan fingerprint density at radius 1 is 1.25 bits per heavy atom. The normalized spacial score (nSPS) is 22.0. The molecule has 0 bridgehead atoms. The van der Waals surface area contributed by atoms with E-state index in [0.29, 0.717) is 25.8 Å². The number of halogens is 1. The molecule has 132 valence electrons. The molecule has 0 atom stereocenters. The van der Waals surface area contributed by atoms with E-state index in [2.05, 4.69) is 0 Å². The number of hydrogen-bond acceptors (Lipinski definition) is 5. The summed E-state index contributed by atoms with van der Waals surface area (Å²) in [7, 11) is -3.21. The summed E-state index contributed by atoms with van der Waals surface area (Å²) < 4.78 is 25.2. The molecule has 3 rings (SSSR count). The van der Waals surface area contributed by atoms with Gasteiger partial charge in [0, 0.05) is 19.3 Å². The Labute approximate surface area is 143 Å². The molecule has 24 heavy (non-hydrogen) atoms. The van der Waals surface area contributed by atoms with E-state index in [-0.39, 0.29) is 29.8 Å². The Morgan fingerprint density at radius 3 is 2.58 bits per heavy atom. The van der Waals surface area contributed by atoms with Crippen LogP contribution < -0.4 is 11.2 Å². The fourth-order valence-electron chi connectivity index (χ4n) is 3.28. The second-order valence-corrected chi connectivity index (χ2v) is 9.26. The van der Waals surface area contributed by atoms with E-state index in [0.717, 1.165) is 17.2 Å². The zero-order valence-corrected chi connectivity index (χ0v) is 14.5. The van der Waals surface area contributed by atoms with Crippen LogP contribution in [-0.2, 0) is 21.2 Å². The van der Waals surface area contributed by atoms with Gasteiger partial charge in [-0.1, -0.05) is 18.0 Å². The zero-order chi connectivity index (χ0) is 17.5. The first-order chi connectivity index (χ1) is 11.2. The third-order valence-electron chi connectivity index (χ3n) is 5.02. The van der Waals surface area contributed by atoms with E-state index < -0.39 is 25.8 Å². The summed E-state index contributed by atoms with van der Waals surface area (Å²) in [4.78, 5) is 38.9. The summed E-state index contributed by atoms with van der Waals surface area (Å²) in [5.41, 5.74) is -1.44. The number of hydrogen-bond donors (Lipinski definition) is 1. The second kappa shape index (κ2) is 6.03. The minimum Gasteiger partial charge on any atom is -0.340 e. The van der Waals surface area contributed by atoms with E-state index in [9.17, 15) is 22.8 Å². The molecule has 2 aliphatic rings. The predicted octanol–water partition coefficient (Wildman–Crippen LogP) is -0.240. The van der Waals surface area contributed by atoms with Crippen molar-refractivity contribution in [2.75, 3.05) is 18.8 Å². The maximum Gasteiger partial charge on any atom is 0.328 e. The van der Waals surface area contributed by atoms with Gasteiger partial charge in [0.05, 0.1) is 10.5 Å². The summed E-state index contributed by atoms with van der Waals surface area (Å²) in [5, 5.41) is -0.186. The summed E-state index contributed by atoms with van der Waals surface area (Å²) in [6, 6.07) is 0. The summed E-state index contributed by atoms with van der Waals surface area (Å²) in [6.07, 6.45) is 3.77. The Hall–Kier alpha value is -1.61. The molecule has 1 aliphatic carbocycles. The number of aromatic amines is 1. The number of carbonyl (C=O) groups excluding carboxylic acids is 1. The fourth-order valence-corrected chi connectivity index (χ4v) is 5.65. The lowest BCUT2D eigenvalue weighted by Gasteiger charge is -2.39. The van der Waals surface area contributed by atoms with Gasteiger partial charge in [-0.15, -0.1) is 0 Å². The van der Waals surface area contributed by atoms with Gasteiger partial charge < -0.3 is 4.90 Å². The Balaban J connectivity index is 1.76. The number of nitrogens with one attached hydrogen (secondary N) is 1. The van der Waals surface area contributed by atoms with Crippen molar-refractivity contribution < 1.29 is 13.2 Å². The topological polar surface area (TPSA) is 109 Å². The monoisotopic (exact) mass is 375 g/mol. The summed E-state index contributed by atoms with van der Waals surface area (Å²) >= 11 is 5.67. The van der Waals surface area contributed by atoms with Crippen LogP contribution >= 0.6 is 11.6 Å². The largest absolute Gasteiger partial charge is 0.340 e. The standard InChI is InChI=1S/C14H18ClN3O5S/c15-10-8-18(13(21)16-12(10)20)9-11(19)17-5-4-14(2-1-3-14)24(22,23)7-6-17/h8H,1-7,9H2,(H,16,20,21). The highest BCUT2D eigenvalue weighted by Gasteiger charge is 2.49. The van der Waals surface area contributed by atoms with Gasteiger partial charge in [-0.2, -0.15) is 0 Å². The van der Waals surface area contributed by atoms with Crippen molar-refractivity contribution in [1.29, 1.82) is 0 Å². The lowest BCUT2D eigenvalue weighted by molar-refractivity contribution is -0.131. The minimum absolute atomic E-state index is 0.0555. The van der Waals surface area contributed by atoms with Crippen molar-refractivity contribution in [3.8, 4) is 0 Å². The smallest absolute Gasteiger partial charge is 0.328 e. The molecule has 1 saturated heterocycles. The molecular weight excluding hydrogens is 358 g/mol. The number of H-pyrrole nitrogens is 1. The van der Waals surface area contributed by atoms with E-state index >= 15 is 0 Å². The molecule has 1 saturated carbocycles. The Bertz CT molecular complexity index is 884. The number of amides is 1. The third-order valence-corrected chi connectivity index (χ3v) is 7.94. The molecule has 0 unspecified atom stereocenters. The molecule has 1 amide bonds. The molecule has 1 aromatic heterocycles. The van der Waals surface area contributed by atoms with Crippen LogP contribution in [0, 0.1) is 0 Å². The van der Waals surface area contributed by atoms with Crippen LogP contribution in [0.25, 0.3) is 0 Å². The number of aromatic nitrogens is 2. The molecule has 1 N–H and O–H groups in total.